The molecule has 1 amide bonds. The first-order valence-electron chi connectivity index (χ1n) is 9.10. The molecule has 2 aromatic carbocycles. The molecule has 0 bridgehead atoms. The molecular formula is C22H19N3O4. The van der Waals surface area contributed by atoms with Crippen LogP contribution in [0, 0.1) is 6.92 Å². The SMILES string of the molecule is Cc1cc(NC(=O)c2cc3ccccc3o2)ccc1Cn1cc(CC(=O)O)cn1. The summed E-state index contributed by atoms with van der Waals surface area (Å²) in [4.78, 5) is 23.3. The van der Waals surface area contributed by atoms with Gasteiger partial charge in [-0.2, -0.15) is 5.10 Å². The highest BCUT2D eigenvalue weighted by Crippen LogP contribution is 2.21. The van der Waals surface area contributed by atoms with E-state index < -0.39 is 5.97 Å². The van der Waals surface area contributed by atoms with Gasteiger partial charge in [0.15, 0.2) is 5.76 Å². The van der Waals surface area contributed by atoms with Gasteiger partial charge >= 0.3 is 5.97 Å². The summed E-state index contributed by atoms with van der Waals surface area (Å²) in [7, 11) is 0. The number of aryl methyl sites for hydroxylation is 1. The number of carboxylic acid groups (broad SMARTS) is 1. The van der Waals surface area contributed by atoms with Crippen molar-refractivity contribution in [3.8, 4) is 0 Å². The largest absolute Gasteiger partial charge is 0.481 e. The molecular weight excluding hydrogens is 370 g/mol. The average Bonchev–Trinajstić information content (AvgIpc) is 3.30. The number of anilines is 1. The molecule has 4 rings (SSSR count). The summed E-state index contributed by atoms with van der Waals surface area (Å²) < 4.78 is 7.30. The van der Waals surface area contributed by atoms with Gasteiger partial charge in [-0.05, 0) is 42.3 Å². The van der Waals surface area contributed by atoms with E-state index in [4.69, 9.17) is 9.52 Å². The second-order valence-electron chi connectivity index (χ2n) is 6.86. The molecule has 4 aromatic rings. The van der Waals surface area contributed by atoms with Crippen molar-refractivity contribution in [1.29, 1.82) is 0 Å². The van der Waals surface area contributed by atoms with Crippen molar-refractivity contribution in [2.75, 3.05) is 5.32 Å². The summed E-state index contributed by atoms with van der Waals surface area (Å²) in [6.45, 7) is 2.47. The van der Waals surface area contributed by atoms with E-state index in [1.165, 1.54) is 0 Å². The second kappa shape index (κ2) is 7.63. The van der Waals surface area contributed by atoms with E-state index in [2.05, 4.69) is 10.4 Å². The van der Waals surface area contributed by atoms with E-state index in [9.17, 15) is 9.59 Å². The van der Waals surface area contributed by atoms with Gasteiger partial charge in [-0.15, -0.1) is 0 Å². The number of carbonyl (C=O) groups excluding carboxylic acids is 1. The Balaban J connectivity index is 1.46. The first kappa shape index (κ1) is 18.5. The van der Waals surface area contributed by atoms with Crippen molar-refractivity contribution in [2.45, 2.75) is 19.9 Å². The zero-order valence-electron chi connectivity index (χ0n) is 15.8. The molecule has 0 radical (unpaired) electrons. The summed E-state index contributed by atoms with van der Waals surface area (Å²) >= 11 is 0. The van der Waals surface area contributed by atoms with E-state index >= 15 is 0 Å². The predicted molar refractivity (Wildman–Crippen MR) is 108 cm³/mol. The van der Waals surface area contributed by atoms with E-state index in [1.54, 1.807) is 23.1 Å². The van der Waals surface area contributed by atoms with Crippen LogP contribution >= 0.6 is 0 Å². The molecule has 7 nitrogen and oxygen atoms in total. The molecule has 0 unspecified atom stereocenters. The third-order valence-electron chi connectivity index (χ3n) is 4.62. The van der Waals surface area contributed by atoms with Crippen LogP contribution in [0.2, 0.25) is 0 Å². The number of aromatic nitrogens is 2. The van der Waals surface area contributed by atoms with Gasteiger partial charge in [-0.25, -0.2) is 0 Å². The third-order valence-corrected chi connectivity index (χ3v) is 4.62. The number of nitrogens with zero attached hydrogens (tertiary/aromatic N) is 2. The number of nitrogens with one attached hydrogen (secondary N) is 1. The Hall–Kier alpha value is -3.87. The fraction of sp³-hybridized carbons (Fsp3) is 0.136. The van der Waals surface area contributed by atoms with Crippen LogP contribution in [0.25, 0.3) is 11.0 Å². The van der Waals surface area contributed by atoms with E-state index in [-0.39, 0.29) is 18.1 Å². The van der Waals surface area contributed by atoms with Crippen LogP contribution in [0.4, 0.5) is 5.69 Å². The molecule has 0 saturated carbocycles. The molecule has 0 aliphatic heterocycles. The highest BCUT2D eigenvalue weighted by atomic mass is 16.4. The second-order valence-corrected chi connectivity index (χ2v) is 6.86. The highest BCUT2D eigenvalue weighted by Gasteiger charge is 2.13. The lowest BCUT2D eigenvalue weighted by atomic mass is 10.1. The van der Waals surface area contributed by atoms with Crippen molar-refractivity contribution in [3.05, 3.63) is 83.4 Å². The first-order valence-corrected chi connectivity index (χ1v) is 9.10. The van der Waals surface area contributed by atoms with Crippen LogP contribution in [0.5, 0.6) is 0 Å². The monoisotopic (exact) mass is 389 g/mol. The van der Waals surface area contributed by atoms with Gasteiger partial charge in [0.05, 0.1) is 19.2 Å². The van der Waals surface area contributed by atoms with Crippen molar-refractivity contribution < 1.29 is 19.1 Å². The lowest BCUT2D eigenvalue weighted by molar-refractivity contribution is -0.136. The van der Waals surface area contributed by atoms with Crippen LogP contribution in [0.3, 0.4) is 0 Å². The lowest BCUT2D eigenvalue weighted by Crippen LogP contribution is -2.11. The van der Waals surface area contributed by atoms with Crippen LogP contribution in [-0.4, -0.2) is 26.8 Å². The van der Waals surface area contributed by atoms with E-state index in [1.807, 2.05) is 49.4 Å². The number of hydrogen-bond acceptors (Lipinski definition) is 4. The van der Waals surface area contributed by atoms with Gasteiger partial charge in [0.1, 0.15) is 5.58 Å². The lowest BCUT2D eigenvalue weighted by Gasteiger charge is -2.09. The van der Waals surface area contributed by atoms with Crippen molar-refractivity contribution >= 4 is 28.5 Å². The summed E-state index contributed by atoms with van der Waals surface area (Å²) in [6.07, 6.45) is 3.24. The Kier molecular flexibility index (Phi) is 4.87. The number of benzene rings is 2. The number of para-hydroxylation sites is 1. The number of aliphatic carboxylic acids is 1. The minimum Gasteiger partial charge on any atom is -0.481 e. The molecule has 0 saturated heterocycles. The molecule has 0 fully saturated rings. The number of rotatable bonds is 6. The quantitative estimate of drug-likeness (QED) is 0.522. The maximum Gasteiger partial charge on any atom is 0.307 e. The number of fused-ring (bicyclic) bond motifs is 1. The fourth-order valence-electron chi connectivity index (χ4n) is 3.17. The summed E-state index contributed by atoms with van der Waals surface area (Å²) in [5.41, 5.74) is 4.01. The Morgan fingerprint density at radius 2 is 2.00 bits per heavy atom. The maximum absolute atomic E-state index is 12.5. The molecule has 2 aromatic heterocycles. The Morgan fingerprint density at radius 1 is 1.17 bits per heavy atom. The van der Waals surface area contributed by atoms with Crippen LogP contribution in [0.15, 0.2) is 65.3 Å². The number of amides is 1. The minimum atomic E-state index is -0.884. The number of hydrogen-bond donors (Lipinski definition) is 2. The Labute approximate surface area is 166 Å². The fourth-order valence-corrected chi connectivity index (χ4v) is 3.17. The summed E-state index contributed by atoms with van der Waals surface area (Å²) in [5.74, 6) is -0.931. The predicted octanol–water partition coefficient (Wildman–Crippen LogP) is 3.87. The molecule has 7 heteroatoms. The van der Waals surface area contributed by atoms with Gasteiger partial charge in [0.2, 0.25) is 0 Å². The van der Waals surface area contributed by atoms with Gasteiger partial charge in [-0.1, -0.05) is 24.3 Å². The van der Waals surface area contributed by atoms with E-state index in [0.717, 1.165) is 16.5 Å². The van der Waals surface area contributed by atoms with Crippen LogP contribution < -0.4 is 5.32 Å². The average molecular weight is 389 g/mol. The van der Waals surface area contributed by atoms with Crippen molar-refractivity contribution in [3.63, 3.8) is 0 Å². The molecule has 0 atom stereocenters. The standard InChI is InChI=1S/C22H19N3O4/c1-14-8-18(24-22(28)20-10-16-4-2-3-5-19(16)29-20)7-6-17(14)13-25-12-15(11-23-25)9-21(26)27/h2-8,10-12H,9,13H2,1H3,(H,24,28)(H,26,27). The number of furan rings is 1. The molecule has 0 aliphatic carbocycles. The maximum atomic E-state index is 12.5. The molecule has 2 N–H and O–H groups in total. The van der Waals surface area contributed by atoms with Gasteiger partial charge in [0.25, 0.3) is 5.91 Å². The molecule has 29 heavy (non-hydrogen) atoms. The van der Waals surface area contributed by atoms with Gasteiger partial charge < -0.3 is 14.8 Å². The zero-order chi connectivity index (χ0) is 20.4. The van der Waals surface area contributed by atoms with Crippen LogP contribution in [0.1, 0.15) is 27.2 Å². The smallest absolute Gasteiger partial charge is 0.307 e. The van der Waals surface area contributed by atoms with Crippen molar-refractivity contribution in [2.24, 2.45) is 0 Å². The Bertz CT molecular complexity index is 1170. The highest BCUT2D eigenvalue weighted by molar-refractivity contribution is 6.04. The molecule has 0 aliphatic rings. The van der Waals surface area contributed by atoms with Gasteiger partial charge in [0, 0.05) is 22.8 Å². The normalized spacial score (nSPS) is 10.9. The topological polar surface area (TPSA) is 97.4 Å². The van der Waals surface area contributed by atoms with Crippen molar-refractivity contribution in [1.82, 2.24) is 9.78 Å². The zero-order valence-corrected chi connectivity index (χ0v) is 15.8. The number of carboxylic acids is 1. The summed E-state index contributed by atoms with van der Waals surface area (Å²) in [6, 6.07) is 14.8. The van der Waals surface area contributed by atoms with E-state index in [0.29, 0.717) is 23.4 Å². The minimum absolute atomic E-state index is 0.0499. The van der Waals surface area contributed by atoms with Gasteiger partial charge in [-0.3, -0.25) is 14.3 Å². The molecule has 2 heterocycles. The third kappa shape index (κ3) is 4.19. The van der Waals surface area contributed by atoms with Crippen LogP contribution in [-0.2, 0) is 17.8 Å². The molecule has 146 valence electrons. The molecule has 0 spiro atoms. The number of carbonyl (C=O) groups is 2. The summed E-state index contributed by atoms with van der Waals surface area (Å²) in [5, 5.41) is 16.8. The first-order chi connectivity index (χ1) is 14.0. The Morgan fingerprint density at radius 3 is 2.76 bits per heavy atom.